The Kier molecular flexibility index (Phi) is 10.2. The van der Waals surface area contributed by atoms with E-state index in [1.807, 2.05) is 0 Å². The average Bonchev–Trinajstić information content (AvgIpc) is 3.04. The molecule has 4 aliphatic carbocycles. The Labute approximate surface area is 268 Å². The van der Waals surface area contributed by atoms with Crippen LogP contribution in [0.3, 0.4) is 0 Å². The van der Waals surface area contributed by atoms with Crippen LogP contribution in [-0.2, 0) is 21.8 Å². The molecule has 4 fully saturated rings. The Morgan fingerprint density at radius 2 is 1.05 bits per heavy atom. The predicted octanol–water partition coefficient (Wildman–Crippen LogP) is 11.9. The highest BCUT2D eigenvalue weighted by Gasteiger charge is 2.57. The van der Waals surface area contributed by atoms with E-state index in [9.17, 15) is 4.79 Å². The molecule has 0 heterocycles. The lowest BCUT2D eigenvalue weighted by Crippen LogP contribution is -2.50. The van der Waals surface area contributed by atoms with Gasteiger partial charge in [-0.15, -0.1) is 0 Å². The van der Waals surface area contributed by atoms with Crippen molar-refractivity contribution in [2.45, 2.75) is 131 Å². The van der Waals surface area contributed by atoms with Crippen molar-refractivity contribution in [3.63, 3.8) is 0 Å². The lowest BCUT2D eigenvalue weighted by molar-refractivity contribution is -0.160. The Morgan fingerprint density at radius 3 is 1.48 bits per heavy atom. The van der Waals surface area contributed by atoms with E-state index in [1.165, 1.54) is 81.8 Å². The van der Waals surface area contributed by atoms with Gasteiger partial charge in [0.05, 0.1) is 5.41 Å². The minimum Gasteiger partial charge on any atom is -0.402 e. The van der Waals surface area contributed by atoms with Crippen LogP contribution in [-0.4, -0.2) is 5.97 Å². The van der Waals surface area contributed by atoms with Gasteiger partial charge in [0, 0.05) is 14.7 Å². The van der Waals surface area contributed by atoms with E-state index < -0.39 is 10.3 Å². The summed E-state index contributed by atoms with van der Waals surface area (Å²) in [7, 11) is -2.27. The van der Waals surface area contributed by atoms with Gasteiger partial charge in [-0.3, -0.25) is 4.79 Å². The molecular formula is C41H54O2S. The second-order valence-corrected chi connectivity index (χ2v) is 17.0. The van der Waals surface area contributed by atoms with Crippen LogP contribution in [0.1, 0.15) is 115 Å². The zero-order valence-corrected chi connectivity index (χ0v) is 28.1. The van der Waals surface area contributed by atoms with Crippen LogP contribution >= 0.6 is 10.3 Å². The van der Waals surface area contributed by atoms with Gasteiger partial charge in [-0.2, -0.15) is 0 Å². The molecule has 236 valence electrons. The van der Waals surface area contributed by atoms with Crippen molar-refractivity contribution in [3.05, 3.63) is 90.0 Å². The number of rotatable bonds is 15. The van der Waals surface area contributed by atoms with Crippen molar-refractivity contribution in [1.82, 2.24) is 0 Å². The summed E-state index contributed by atoms with van der Waals surface area (Å²) in [5.41, 5.74) is 2.45. The molecule has 7 rings (SSSR count). The van der Waals surface area contributed by atoms with Crippen LogP contribution in [0.15, 0.2) is 93.5 Å². The molecule has 3 heteroatoms. The van der Waals surface area contributed by atoms with Gasteiger partial charge in [-0.05, 0) is 140 Å². The van der Waals surface area contributed by atoms with E-state index in [-0.39, 0.29) is 11.4 Å². The van der Waals surface area contributed by atoms with Crippen molar-refractivity contribution < 1.29 is 8.98 Å². The maximum Gasteiger partial charge on any atom is 0.323 e. The largest absolute Gasteiger partial charge is 0.402 e. The summed E-state index contributed by atoms with van der Waals surface area (Å²) in [6.07, 6.45) is 19.4. The highest BCUT2D eigenvalue weighted by atomic mass is 32.3. The molecular weight excluding hydrogens is 557 g/mol. The third-order valence-electron chi connectivity index (χ3n) is 10.9. The van der Waals surface area contributed by atoms with Crippen LogP contribution in [0.4, 0.5) is 0 Å². The van der Waals surface area contributed by atoms with Gasteiger partial charge >= 0.3 is 5.97 Å². The zero-order chi connectivity index (χ0) is 30.4. The van der Waals surface area contributed by atoms with E-state index >= 15 is 0 Å². The molecule has 0 amide bonds. The average molecular weight is 611 g/mol. The summed E-state index contributed by atoms with van der Waals surface area (Å²) >= 11 is 0. The lowest BCUT2D eigenvalue weighted by Gasteiger charge is -2.56. The first kappa shape index (κ1) is 31.5. The van der Waals surface area contributed by atoms with Crippen LogP contribution in [0, 0.1) is 23.2 Å². The Morgan fingerprint density at radius 1 is 0.614 bits per heavy atom. The normalized spacial score (nSPS) is 24.4. The predicted molar refractivity (Wildman–Crippen MR) is 184 cm³/mol. The van der Waals surface area contributed by atoms with Gasteiger partial charge in [-0.25, -0.2) is 0 Å². The topological polar surface area (TPSA) is 26.3 Å². The molecule has 0 N–H and O–H groups in total. The molecule has 4 aliphatic rings. The number of benzene rings is 3. The Balaban J connectivity index is 1.38. The van der Waals surface area contributed by atoms with Gasteiger partial charge < -0.3 is 4.18 Å². The Bertz CT molecular complexity index is 1250. The van der Waals surface area contributed by atoms with Crippen molar-refractivity contribution in [2.24, 2.45) is 23.2 Å². The first-order chi connectivity index (χ1) is 21.5. The summed E-state index contributed by atoms with van der Waals surface area (Å²) in [6, 6.07) is 29.0. The molecule has 0 aromatic heterocycles. The van der Waals surface area contributed by atoms with Crippen LogP contribution < -0.4 is 0 Å². The quantitative estimate of drug-likeness (QED) is 0.160. The third kappa shape index (κ3) is 6.69. The summed E-state index contributed by atoms with van der Waals surface area (Å²) < 4.78 is 7.23. The summed E-state index contributed by atoms with van der Waals surface area (Å²) in [6.45, 7) is 4.54. The minimum absolute atomic E-state index is 0.0720. The minimum atomic E-state index is -2.27. The second-order valence-electron chi connectivity index (χ2n) is 14.3. The molecule has 0 saturated heterocycles. The maximum absolute atomic E-state index is 14.8. The number of carbonyl (C=O) groups excluding carboxylic acids is 1. The molecule has 0 unspecified atom stereocenters. The second kappa shape index (κ2) is 14.3. The standard InChI is InChI=1S/C41H54O2S/c1-3-5-7-10-14-32-18-22-38(23-19-32)44(37-16-12-9-13-17-37,39-24-20-33(21-25-39)15-11-8-6-4-2)43-40(42)41-29-34-26-35(30-41)28-36(27-34)31-41/h9,12-13,16-25,34-36H,3-8,10-11,14-15,26-31H2,1-2H3. The fraction of sp³-hybridized carbons (Fsp3) is 0.537. The van der Waals surface area contributed by atoms with E-state index in [4.69, 9.17) is 4.18 Å². The lowest BCUT2D eigenvalue weighted by atomic mass is 9.49. The zero-order valence-electron chi connectivity index (χ0n) is 27.3. The highest BCUT2D eigenvalue weighted by Crippen LogP contribution is 2.71. The Hall–Kier alpha value is -2.52. The summed E-state index contributed by atoms with van der Waals surface area (Å²) in [5, 5.41) is 0. The molecule has 3 aromatic rings. The molecule has 0 atom stereocenters. The van der Waals surface area contributed by atoms with Gasteiger partial charge in [-0.1, -0.05) is 94.8 Å². The van der Waals surface area contributed by atoms with E-state index in [0.29, 0.717) is 17.8 Å². The summed E-state index contributed by atoms with van der Waals surface area (Å²) in [4.78, 5) is 18.2. The van der Waals surface area contributed by atoms with Crippen LogP contribution in [0.5, 0.6) is 0 Å². The van der Waals surface area contributed by atoms with Crippen LogP contribution in [0.25, 0.3) is 0 Å². The first-order valence-electron chi connectivity index (χ1n) is 17.8. The molecule has 4 bridgehead atoms. The van der Waals surface area contributed by atoms with Gasteiger partial charge in [0.25, 0.3) is 0 Å². The fourth-order valence-electron chi connectivity index (χ4n) is 8.93. The van der Waals surface area contributed by atoms with Gasteiger partial charge in [0.2, 0.25) is 0 Å². The van der Waals surface area contributed by atoms with E-state index in [1.54, 1.807) is 0 Å². The molecule has 44 heavy (non-hydrogen) atoms. The summed E-state index contributed by atoms with van der Waals surface area (Å²) in [5.74, 6) is 2.18. The number of carbonyl (C=O) groups is 1. The first-order valence-corrected chi connectivity index (χ1v) is 19.4. The van der Waals surface area contributed by atoms with E-state index in [0.717, 1.165) is 46.8 Å². The van der Waals surface area contributed by atoms with Crippen LogP contribution in [0.2, 0.25) is 0 Å². The maximum atomic E-state index is 14.8. The van der Waals surface area contributed by atoms with Gasteiger partial charge in [0.1, 0.15) is 0 Å². The SMILES string of the molecule is CCCCCCc1ccc(S(OC(=O)C23CC4CC(CC(C4)C2)C3)(c2ccccc2)c2ccc(CCCCCC)cc2)cc1. The molecule has 0 radical (unpaired) electrons. The van der Waals surface area contributed by atoms with Crippen molar-refractivity contribution in [2.75, 3.05) is 0 Å². The monoisotopic (exact) mass is 610 g/mol. The molecule has 0 aliphatic heterocycles. The number of aryl methyl sites for hydroxylation is 2. The number of hydrogen-bond acceptors (Lipinski definition) is 2. The molecule has 3 aromatic carbocycles. The number of unbranched alkanes of at least 4 members (excludes halogenated alkanes) is 6. The molecule has 4 saturated carbocycles. The fourth-order valence-corrected chi connectivity index (χ4v) is 12.0. The molecule has 2 nitrogen and oxygen atoms in total. The smallest absolute Gasteiger partial charge is 0.323 e. The van der Waals surface area contributed by atoms with Crippen molar-refractivity contribution in [3.8, 4) is 0 Å². The van der Waals surface area contributed by atoms with Crippen molar-refractivity contribution >= 4 is 16.3 Å². The highest BCUT2D eigenvalue weighted by molar-refractivity contribution is 8.30. The third-order valence-corrected chi connectivity index (χ3v) is 14.1. The van der Waals surface area contributed by atoms with Gasteiger partial charge in [0.15, 0.2) is 0 Å². The number of hydrogen-bond donors (Lipinski definition) is 0. The van der Waals surface area contributed by atoms with E-state index in [2.05, 4.69) is 92.7 Å². The van der Waals surface area contributed by atoms with Crippen molar-refractivity contribution in [1.29, 1.82) is 0 Å². The molecule has 0 spiro atoms.